The van der Waals surface area contributed by atoms with Gasteiger partial charge in [0, 0.05) is 25.2 Å². The van der Waals surface area contributed by atoms with Crippen molar-refractivity contribution in [2.24, 2.45) is 0 Å². The van der Waals surface area contributed by atoms with Gasteiger partial charge in [0.1, 0.15) is 43.2 Å². The Morgan fingerprint density at radius 3 is 1.56 bits per heavy atom. The number of hydrogen-bond donors (Lipinski definition) is 8. The first-order valence-corrected chi connectivity index (χ1v) is 22.9. The van der Waals surface area contributed by atoms with Crippen molar-refractivity contribution in [2.45, 2.75) is 140 Å². The van der Waals surface area contributed by atoms with Gasteiger partial charge in [0.15, 0.2) is 6.10 Å². The number of unbranched alkanes of at least 4 members (excludes halogenated alkanes) is 12. The van der Waals surface area contributed by atoms with Gasteiger partial charge >= 0.3 is 35.4 Å². The predicted molar refractivity (Wildman–Crippen MR) is 233 cm³/mol. The second-order valence-corrected chi connectivity index (χ2v) is 16.6. The number of hydrogen-bond acceptors (Lipinski definition) is 14. The maximum absolute atomic E-state index is 12.9. The molecule has 0 saturated heterocycles. The Bertz CT molecular complexity index is 1780. The van der Waals surface area contributed by atoms with Crippen molar-refractivity contribution in [3.05, 3.63) is 0 Å². The number of aliphatic hydroxyl groups excluding tert-OH is 3. The van der Waals surface area contributed by atoms with Crippen LogP contribution in [-0.2, 0) is 50.9 Å². The molecule has 0 aromatic rings. The molecular formula is C36H71O19P3S. The highest BCUT2D eigenvalue weighted by Gasteiger charge is 2.56. The minimum atomic E-state index is -5.62. The van der Waals surface area contributed by atoms with E-state index in [2.05, 4.69) is 57.4 Å². The number of esters is 2. The van der Waals surface area contributed by atoms with Crippen LogP contribution in [0.3, 0.4) is 0 Å². The number of carbonyl (C=O) groups is 2. The summed E-state index contributed by atoms with van der Waals surface area (Å²) >= 11 is 0. The number of phosphoric ester groups is 3. The van der Waals surface area contributed by atoms with E-state index >= 15 is 0 Å². The van der Waals surface area contributed by atoms with Crippen molar-refractivity contribution < 1.29 is 103 Å². The van der Waals surface area contributed by atoms with Crippen LogP contribution in [0.5, 0.6) is 0 Å². The van der Waals surface area contributed by atoms with E-state index in [0.29, 0.717) is 12.8 Å². The van der Waals surface area contributed by atoms with E-state index in [4.69, 9.17) is 34.7 Å². The van der Waals surface area contributed by atoms with Gasteiger partial charge in [0.05, 0.1) is 6.61 Å². The highest BCUT2D eigenvalue weighted by Crippen LogP contribution is 2.51. The zero-order valence-electron chi connectivity index (χ0n) is 32.3. The van der Waals surface area contributed by atoms with Gasteiger partial charge in [-0.05, 0) is 53.8 Å². The Morgan fingerprint density at radius 1 is 0.627 bits per heavy atom. The van der Waals surface area contributed by atoms with E-state index in [0.717, 1.165) is 25.7 Å². The molecule has 1 aliphatic rings. The molecule has 23 heteroatoms. The average molecular weight is 933 g/mol. The van der Waals surface area contributed by atoms with E-state index in [1.807, 2.05) is 11.8 Å². The standard InChI is InChI=1S/C36H51O19P3.H2S.9H2/c1-3-5-7-9-11-13-14-15-16-17-19-21-23-25-30(38)52-28(26-50-29(37)24-22-20-18-12-10-8-6-4-2)27-51-58(48,49)55-34-31(39)32(40)35(53-56(42,43)44)36(33(34)41)54-57(45,46)47;;;;;;;;;;/h2,28,31-36,39-41H,3,5,7,9,11,13-17,19,21,23,25-27H2,1H3,(H,48,49)(H2,42,43,44)(H2,45,46,47);1H2;9*1H/t28-,31-,32+,33?,34?,35?,36-;;;;;;;;;;/m1........../s1. The fourth-order valence-corrected chi connectivity index (χ4v) is 7.44. The second kappa shape index (κ2) is 30.3. The maximum atomic E-state index is 12.9. The smallest absolute Gasteiger partial charge is 0.456 e. The van der Waals surface area contributed by atoms with Crippen molar-refractivity contribution >= 4 is 48.9 Å². The van der Waals surface area contributed by atoms with E-state index < -0.39 is 91.3 Å². The van der Waals surface area contributed by atoms with Crippen LogP contribution >= 0.6 is 37.0 Å². The summed E-state index contributed by atoms with van der Waals surface area (Å²) in [5.41, 5.74) is 0. The van der Waals surface area contributed by atoms with Gasteiger partial charge in [0.25, 0.3) is 0 Å². The number of carbonyl (C=O) groups excluding carboxylic acids is 2. The highest BCUT2D eigenvalue weighted by molar-refractivity contribution is 7.59. The summed E-state index contributed by atoms with van der Waals surface area (Å²) < 4.78 is 64.3. The number of ether oxygens (including phenoxy) is 2. The predicted octanol–water partition coefficient (Wildman–Crippen LogP) is 4.45. The maximum Gasteiger partial charge on any atom is 0.472 e. The van der Waals surface area contributed by atoms with Crippen LogP contribution in [0.4, 0.5) is 0 Å². The summed E-state index contributed by atoms with van der Waals surface area (Å²) in [6.07, 6.45) is 2.00. The normalized spacial score (nSPS) is 21.4. The molecule has 1 saturated carbocycles. The van der Waals surface area contributed by atoms with Crippen molar-refractivity contribution in [2.75, 3.05) is 13.2 Å². The van der Waals surface area contributed by atoms with Crippen molar-refractivity contribution in [1.29, 1.82) is 0 Å². The number of aliphatic hydroxyl groups is 3. The van der Waals surface area contributed by atoms with Gasteiger partial charge in [-0.15, -0.1) is 6.42 Å². The van der Waals surface area contributed by atoms with Gasteiger partial charge < -0.3 is 49.3 Å². The fourth-order valence-electron chi connectivity index (χ4n) is 5.34. The Morgan fingerprint density at radius 2 is 1.07 bits per heavy atom. The Kier molecular flexibility index (Phi) is 29.0. The summed E-state index contributed by atoms with van der Waals surface area (Å²) in [5, 5.41) is 31.6. The lowest BCUT2D eigenvalue weighted by Crippen LogP contribution is -2.65. The molecule has 0 bridgehead atoms. The molecule has 19 nitrogen and oxygen atoms in total. The van der Waals surface area contributed by atoms with Gasteiger partial charge in [0.2, 0.25) is 0 Å². The minimum absolute atomic E-state index is 0. The van der Waals surface area contributed by atoms with Gasteiger partial charge in [-0.1, -0.05) is 84.0 Å². The van der Waals surface area contributed by atoms with E-state index in [1.54, 1.807) is 0 Å². The largest absolute Gasteiger partial charge is 0.472 e. The Balaban J connectivity index is -0.000000420. The Labute approximate surface area is 364 Å². The van der Waals surface area contributed by atoms with Crippen molar-refractivity contribution in [3.8, 4) is 59.7 Å². The summed E-state index contributed by atoms with van der Waals surface area (Å²) in [6.45, 7) is 0.379. The number of phosphoric acid groups is 3. The van der Waals surface area contributed by atoms with E-state index in [1.165, 1.54) is 44.9 Å². The van der Waals surface area contributed by atoms with Crippen molar-refractivity contribution in [1.82, 2.24) is 0 Å². The third kappa shape index (κ3) is 27.0. The molecule has 8 atom stereocenters. The lowest BCUT2D eigenvalue weighted by Gasteiger charge is -2.44. The summed E-state index contributed by atoms with van der Waals surface area (Å²) in [5.74, 6) is 17.9. The second-order valence-electron chi connectivity index (χ2n) is 12.8. The molecule has 0 amide bonds. The molecule has 0 heterocycles. The van der Waals surface area contributed by atoms with Gasteiger partial charge in [-0.2, -0.15) is 13.5 Å². The molecular weight excluding hydrogens is 861 g/mol. The molecule has 0 aromatic heterocycles. The van der Waals surface area contributed by atoms with Crippen LogP contribution in [0.25, 0.3) is 0 Å². The third-order valence-electron chi connectivity index (χ3n) is 8.01. The molecule has 1 fully saturated rings. The first-order chi connectivity index (χ1) is 27.3. The lowest BCUT2D eigenvalue weighted by molar-refractivity contribution is -0.213. The molecule has 0 aliphatic heterocycles. The van der Waals surface area contributed by atoms with Gasteiger partial charge in [-0.3, -0.25) is 22.9 Å². The Hall–Kier alpha value is -2.70. The van der Waals surface area contributed by atoms with E-state index in [-0.39, 0.29) is 32.8 Å². The SMILES string of the molecule is C#CC#CC#CC#CC#CC(=O)OC[C@H](COP(=O)(O)OC1C(O)[C@@H](OP(=O)(O)O)C(OP(=O)(O)O)[C@@H](O)[C@H]1O)OC(=O)CCCCCCCCCCCCCCC.S.[HH].[HH].[HH].[HH].[HH].[HH].[HH].[HH].[HH]. The summed E-state index contributed by atoms with van der Waals surface area (Å²) in [4.78, 5) is 72.1. The monoisotopic (exact) mass is 932 g/mol. The quantitative estimate of drug-likeness (QED) is 0.0195. The van der Waals surface area contributed by atoms with Gasteiger partial charge in [-0.25, -0.2) is 18.5 Å². The fraction of sp³-hybridized carbons (Fsp3) is 0.667. The molecule has 0 aromatic carbocycles. The van der Waals surface area contributed by atoms with Crippen LogP contribution < -0.4 is 0 Å². The van der Waals surface area contributed by atoms with Crippen molar-refractivity contribution in [3.63, 3.8) is 0 Å². The lowest BCUT2D eigenvalue weighted by atomic mass is 9.85. The molecule has 59 heavy (non-hydrogen) atoms. The zero-order valence-corrected chi connectivity index (χ0v) is 36.0. The average Bonchev–Trinajstić information content (AvgIpc) is 3.14. The number of rotatable bonds is 26. The van der Waals surface area contributed by atoms with Crippen LogP contribution in [0.2, 0.25) is 0 Å². The third-order valence-corrected chi connectivity index (χ3v) is 10.0. The molecule has 4 unspecified atom stereocenters. The molecule has 1 aliphatic carbocycles. The minimum Gasteiger partial charge on any atom is -0.456 e. The molecule has 0 radical (unpaired) electrons. The first-order valence-electron chi connectivity index (χ1n) is 18.3. The molecule has 350 valence electrons. The van der Waals surface area contributed by atoms with Crippen LogP contribution in [0.15, 0.2) is 0 Å². The number of terminal acetylenes is 1. The topological polar surface area (TPSA) is 303 Å². The molecule has 0 spiro atoms. The van der Waals surface area contributed by atoms with Crippen LogP contribution in [0, 0.1) is 59.7 Å². The highest BCUT2D eigenvalue weighted by atomic mass is 32.1. The van der Waals surface area contributed by atoms with Crippen LogP contribution in [0.1, 0.15) is 110 Å². The summed E-state index contributed by atoms with van der Waals surface area (Å²) in [7, 11) is -16.7. The van der Waals surface area contributed by atoms with E-state index in [9.17, 15) is 53.3 Å². The first kappa shape index (κ1) is 56.3. The zero-order chi connectivity index (χ0) is 43.6. The van der Waals surface area contributed by atoms with Crippen LogP contribution in [-0.4, -0.2) is 108 Å². The summed E-state index contributed by atoms with van der Waals surface area (Å²) in [6, 6.07) is 0. The molecule has 1 rings (SSSR count). The molecule has 8 N–H and O–H groups in total.